The highest BCUT2D eigenvalue weighted by molar-refractivity contribution is 9.10. The van der Waals surface area contributed by atoms with Crippen LogP contribution in [0.1, 0.15) is 0 Å². The van der Waals surface area contributed by atoms with Crippen LogP contribution in [0.3, 0.4) is 0 Å². The maximum absolute atomic E-state index is 13.2. The third kappa shape index (κ3) is 4.96. The van der Waals surface area contributed by atoms with Crippen molar-refractivity contribution in [2.45, 2.75) is 32.4 Å². The van der Waals surface area contributed by atoms with E-state index in [2.05, 4.69) is 45.7 Å². The highest BCUT2D eigenvalue weighted by Crippen LogP contribution is 2.20. The highest BCUT2D eigenvalue weighted by atomic mass is 79.9. The molecule has 1 aromatic heterocycles. The Balaban J connectivity index is 2.05. The van der Waals surface area contributed by atoms with E-state index in [9.17, 15) is 8.78 Å². The first-order valence-electron chi connectivity index (χ1n) is 6.89. The zero-order chi connectivity index (χ0) is 16.3. The molecule has 1 heterocycles. The van der Waals surface area contributed by atoms with Crippen LogP contribution in [0.5, 0.6) is 0 Å². The first-order valence-corrected chi connectivity index (χ1v) is 11.4. The number of ether oxygens (including phenoxy) is 1. The van der Waals surface area contributed by atoms with Crippen molar-refractivity contribution in [1.29, 1.82) is 0 Å². The Labute approximate surface area is 137 Å². The van der Waals surface area contributed by atoms with E-state index in [4.69, 9.17) is 4.74 Å². The van der Waals surface area contributed by atoms with E-state index in [1.54, 1.807) is 0 Å². The molecule has 1 aromatic carbocycles. The van der Waals surface area contributed by atoms with E-state index in [-0.39, 0.29) is 12.6 Å². The van der Waals surface area contributed by atoms with Crippen LogP contribution >= 0.6 is 15.9 Å². The van der Waals surface area contributed by atoms with E-state index >= 15 is 0 Å². The van der Waals surface area contributed by atoms with Gasteiger partial charge in [-0.25, -0.2) is 18.4 Å². The Hall–Kier alpha value is -1.12. The van der Waals surface area contributed by atoms with Crippen LogP contribution in [0.2, 0.25) is 25.7 Å². The molecule has 0 aliphatic carbocycles. The van der Waals surface area contributed by atoms with Crippen LogP contribution in [0.15, 0.2) is 22.9 Å². The summed E-state index contributed by atoms with van der Waals surface area (Å²) < 4.78 is 34.1. The molecule has 22 heavy (non-hydrogen) atoms. The second-order valence-electron chi connectivity index (χ2n) is 6.21. The van der Waals surface area contributed by atoms with Gasteiger partial charge in [0.05, 0.1) is 0 Å². The van der Waals surface area contributed by atoms with Crippen molar-refractivity contribution in [1.82, 2.24) is 14.8 Å². The zero-order valence-electron chi connectivity index (χ0n) is 12.7. The number of aromatic nitrogens is 3. The molecular weight excluding hydrogens is 372 g/mol. The number of halogens is 3. The quantitative estimate of drug-likeness (QED) is 0.546. The summed E-state index contributed by atoms with van der Waals surface area (Å²) in [4.78, 5) is 4.15. The minimum Gasteiger partial charge on any atom is -0.359 e. The molecule has 4 nitrogen and oxygen atoms in total. The van der Waals surface area contributed by atoms with Crippen molar-refractivity contribution < 1.29 is 13.5 Å². The van der Waals surface area contributed by atoms with Crippen molar-refractivity contribution in [3.63, 3.8) is 0 Å². The number of hydrogen-bond donors (Lipinski definition) is 0. The molecule has 2 rings (SSSR count). The molecule has 0 atom stereocenters. The fourth-order valence-electron chi connectivity index (χ4n) is 1.74. The number of benzene rings is 1. The van der Waals surface area contributed by atoms with Crippen molar-refractivity contribution in [3.05, 3.63) is 34.6 Å². The standard InChI is InChI=1S/C14H18BrF2N3OSi/c1-22(2,3)5-4-21-9-20-14(15)18-13(19-20)10-6-11(16)8-12(17)7-10/h6-8H,4-5,9H2,1-3H3. The molecular formula is C14H18BrF2N3OSi. The largest absolute Gasteiger partial charge is 0.359 e. The molecule has 8 heteroatoms. The first kappa shape index (κ1) is 17.2. The van der Waals surface area contributed by atoms with Crippen LogP contribution in [-0.4, -0.2) is 29.4 Å². The van der Waals surface area contributed by atoms with Crippen molar-refractivity contribution in [2.75, 3.05) is 6.61 Å². The lowest BCUT2D eigenvalue weighted by atomic mass is 10.2. The highest BCUT2D eigenvalue weighted by Gasteiger charge is 2.14. The smallest absolute Gasteiger partial charge is 0.197 e. The van der Waals surface area contributed by atoms with Gasteiger partial charge >= 0.3 is 0 Å². The summed E-state index contributed by atoms with van der Waals surface area (Å²) in [6.45, 7) is 7.73. The summed E-state index contributed by atoms with van der Waals surface area (Å²) in [6.07, 6.45) is 0. The topological polar surface area (TPSA) is 39.9 Å². The maximum atomic E-state index is 13.2. The van der Waals surface area contributed by atoms with E-state index in [1.807, 2.05) is 0 Å². The summed E-state index contributed by atoms with van der Waals surface area (Å²) >= 11 is 3.27. The second-order valence-corrected chi connectivity index (χ2v) is 12.5. The average molecular weight is 390 g/mol. The predicted octanol–water partition coefficient (Wildman–Crippen LogP) is 4.30. The fraction of sp³-hybridized carbons (Fsp3) is 0.429. The summed E-state index contributed by atoms with van der Waals surface area (Å²) in [5.41, 5.74) is 0.291. The number of nitrogens with zero attached hydrogens (tertiary/aromatic N) is 3. The molecule has 0 unspecified atom stereocenters. The Morgan fingerprint density at radius 2 is 1.82 bits per heavy atom. The van der Waals surface area contributed by atoms with Gasteiger partial charge in [0.15, 0.2) is 10.6 Å². The Kier molecular flexibility index (Phi) is 5.46. The van der Waals surface area contributed by atoms with Gasteiger partial charge in [0.25, 0.3) is 0 Å². The van der Waals surface area contributed by atoms with Gasteiger partial charge < -0.3 is 4.74 Å². The van der Waals surface area contributed by atoms with Gasteiger partial charge in [-0.1, -0.05) is 19.6 Å². The van der Waals surface area contributed by atoms with Crippen molar-refractivity contribution in [2.24, 2.45) is 0 Å². The molecule has 120 valence electrons. The third-order valence-electron chi connectivity index (χ3n) is 2.96. The SMILES string of the molecule is C[Si](C)(C)CCOCn1nc(-c2cc(F)cc(F)c2)nc1Br. The minimum absolute atomic E-state index is 0.246. The van der Waals surface area contributed by atoms with E-state index in [1.165, 1.54) is 16.8 Å². The van der Waals surface area contributed by atoms with Gasteiger partial charge in [-0.3, -0.25) is 0 Å². The molecule has 2 aromatic rings. The van der Waals surface area contributed by atoms with E-state index in [0.29, 0.717) is 16.9 Å². The summed E-state index contributed by atoms with van der Waals surface area (Å²) in [5.74, 6) is -1.07. The van der Waals surface area contributed by atoms with Crippen molar-refractivity contribution >= 4 is 24.0 Å². The number of hydrogen-bond acceptors (Lipinski definition) is 3. The Morgan fingerprint density at radius 3 is 2.41 bits per heavy atom. The molecule has 0 saturated heterocycles. The second kappa shape index (κ2) is 6.97. The lowest BCUT2D eigenvalue weighted by Crippen LogP contribution is -2.22. The normalized spacial score (nSPS) is 11.9. The lowest BCUT2D eigenvalue weighted by Gasteiger charge is -2.15. The maximum Gasteiger partial charge on any atom is 0.197 e. The summed E-state index contributed by atoms with van der Waals surface area (Å²) in [7, 11) is -1.13. The molecule has 0 aliphatic rings. The van der Waals surface area contributed by atoms with E-state index < -0.39 is 19.7 Å². The summed E-state index contributed by atoms with van der Waals surface area (Å²) in [5, 5.41) is 4.21. The van der Waals surface area contributed by atoms with Crippen LogP contribution in [0.25, 0.3) is 11.4 Å². The fourth-order valence-corrected chi connectivity index (χ4v) is 2.85. The van der Waals surface area contributed by atoms with Gasteiger partial charge in [-0.05, 0) is 34.1 Å². The Morgan fingerprint density at radius 1 is 1.18 bits per heavy atom. The number of rotatable bonds is 6. The molecule has 0 bridgehead atoms. The average Bonchev–Trinajstić information content (AvgIpc) is 2.74. The molecule has 0 aliphatic heterocycles. The summed E-state index contributed by atoms with van der Waals surface area (Å²) in [6, 6.07) is 4.26. The van der Waals surface area contributed by atoms with Gasteiger partial charge in [-0.15, -0.1) is 5.10 Å². The van der Waals surface area contributed by atoms with Crippen molar-refractivity contribution in [3.8, 4) is 11.4 Å². The van der Waals surface area contributed by atoms with E-state index in [0.717, 1.165) is 12.1 Å². The Bertz CT molecular complexity index is 638. The molecule has 0 saturated carbocycles. The third-order valence-corrected chi connectivity index (χ3v) is 5.25. The van der Waals surface area contributed by atoms with Crippen LogP contribution in [0.4, 0.5) is 8.78 Å². The first-order chi connectivity index (χ1) is 10.2. The van der Waals surface area contributed by atoms with Gasteiger partial charge in [0.2, 0.25) is 0 Å². The van der Waals surface area contributed by atoms with Crippen LogP contribution in [0, 0.1) is 11.6 Å². The molecule has 0 radical (unpaired) electrons. The van der Waals surface area contributed by atoms with Crippen LogP contribution in [-0.2, 0) is 11.5 Å². The van der Waals surface area contributed by atoms with Gasteiger partial charge in [-0.2, -0.15) is 0 Å². The van der Waals surface area contributed by atoms with Gasteiger partial charge in [0, 0.05) is 26.3 Å². The predicted molar refractivity (Wildman–Crippen MR) is 87.2 cm³/mol. The zero-order valence-corrected chi connectivity index (χ0v) is 15.3. The lowest BCUT2D eigenvalue weighted by molar-refractivity contribution is 0.0767. The molecule has 0 amide bonds. The minimum atomic E-state index is -1.13. The monoisotopic (exact) mass is 389 g/mol. The molecule has 0 fully saturated rings. The molecule has 0 spiro atoms. The van der Waals surface area contributed by atoms with Gasteiger partial charge in [0.1, 0.15) is 18.4 Å². The van der Waals surface area contributed by atoms with Crippen LogP contribution < -0.4 is 0 Å². The molecule has 0 N–H and O–H groups in total.